The summed E-state index contributed by atoms with van der Waals surface area (Å²) in [4.78, 5) is 23.1. The molecule has 126 valence electrons. The zero-order valence-corrected chi connectivity index (χ0v) is 14.3. The molecule has 0 aliphatic rings. The van der Waals surface area contributed by atoms with Gasteiger partial charge in [0.2, 0.25) is 5.91 Å². The molecule has 5 nitrogen and oxygen atoms in total. The first-order chi connectivity index (χ1) is 11.5. The second-order valence-electron chi connectivity index (χ2n) is 5.14. The topological polar surface area (TPSA) is 67.4 Å². The van der Waals surface area contributed by atoms with E-state index in [1.54, 1.807) is 36.4 Å². The van der Waals surface area contributed by atoms with Crippen molar-refractivity contribution in [2.75, 3.05) is 11.9 Å². The maximum atomic E-state index is 12.1. The van der Waals surface area contributed by atoms with E-state index in [0.717, 1.165) is 5.56 Å². The van der Waals surface area contributed by atoms with Crippen LogP contribution in [0.5, 0.6) is 5.75 Å². The number of ether oxygens (including phenoxy) is 1. The Balaban J connectivity index is 1.95. The highest BCUT2D eigenvalue weighted by molar-refractivity contribution is 6.32. The van der Waals surface area contributed by atoms with Gasteiger partial charge in [0.25, 0.3) is 5.91 Å². The normalized spacial score (nSPS) is 10.1. The van der Waals surface area contributed by atoms with Crippen LogP contribution < -0.4 is 15.4 Å². The van der Waals surface area contributed by atoms with Crippen LogP contribution in [-0.2, 0) is 11.3 Å². The second-order valence-corrected chi connectivity index (χ2v) is 5.55. The number of halogens is 1. The lowest BCUT2D eigenvalue weighted by Gasteiger charge is -2.09. The standard InChI is InChI=1S/C18H19ClN2O3/c1-3-24-17-9-4-13(10-16(17)19)11-20-18(23)14-5-7-15(8-6-14)21-12(2)22/h4-10H,3,11H2,1-2H3,(H,20,23)(H,21,22). The second kappa shape index (κ2) is 8.36. The molecule has 2 amide bonds. The number of hydrogen-bond acceptors (Lipinski definition) is 3. The van der Waals surface area contributed by atoms with Crippen LogP contribution in [0.1, 0.15) is 29.8 Å². The lowest BCUT2D eigenvalue weighted by molar-refractivity contribution is -0.114. The summed E-state index contributed by atoms with van der Waals surface area (Å²) in [6.45, 7) is 4.23. The molecule has 0 saturated carbocycles. The number of hydrogen-bond donors (Lipinski definition) is 2. The van der Waals surface area contributed by atoms with Crippen molar-refractivity contribution in [2.24, 2.45) is 0 Å². The van der Waals surface area contributed by atoms with Gasteiger partial charge in [-0.2, -0.15) is 0 Å². The number of carbonyl (C=O) groups is 2. The van der Waals surface area contributed by atoms with Crippen molar-refractivity contribution in [3.05, 3.63) is 58.6 Å². The van der Waals surface area contributed by atoms with E-state index in [9.17, 15) is 9.59 Å². The fourth-order valence-corrected chi connectivity index (χ4v) is 2.38. The van der Waals surface area contributed by atoms with Crippen molar-refractivity contribution in [2.45, 2.75) is 20.4 Å². The lowest BCUT2D eigenvalue weighted by Crippen LogP contribution is -2.22. The van der Waals surface area contributed by atoms with Crippen LogP contribution in [0.15, 0.2) is 42.5 Å². The molecule has 0 aliphatic heterocycles. The van der Waals surface area contributed by atoms with E-state index < -0.39 is 0 Å². The Morgan fingerprint density at radius 3 is 2.42 bits per heavy atom. The van der Waals surface area contributed by atoms with E-state index in [-0.39, 0.29) is 11.8 Å². The summed E-state index contributed by atoms with van der Waals surface area (Å²) in [7, 11) is 0. The minimum atomic E-state index is -0.200. The molecule has 2 aromatic rings. The average molecular weight is 347 g/mol. The van der Waals surface area contributed by atoms with Gasteiger partial charge in [0.1, 0.15) is 5.75 Å². The highest BCUT2D eigenvalue weighted by atomic mass is 35.5. The molecule has 2 rings (SSSR count). The quantitative estimate of drug-likeness (QED) is 0.839. The van der Waals surface area contributed by atoms with Gasteiger partial charge < -0.3 is 15.4 Å². The summed E-state index contributed by atoms with van der Waals surface area (Å²) in [5.41, 5.74) is 2.05. The zero-order valence-electron chi connectivity index (χ0n) is 13.6. The predicted octanol–water partition coefficient (Wildman–Crippen LogP) is 3.63. The third-order valence-corrected chi connectivity index (χ3v) is 3.51. The maximum Gasteiger partial charge on any atom is 0.251 e. The summed E-state index contributed by atoms with van der Waals surface area (Å²) >= 11 is 6.13. The van der Waals surface area contributed by atoms with E-state index in [0.29, 0.717) is 35.2 Å². The van der Waals surface area contributed by atoms with Gasteiger partial charge in [0.05, 0.1) is 11.6 Å². The van der Waals surface area contributed by atoms with Gasteiger partial charge in [0, 0.05) is 24.7 Å². The molecule has 0 spiro atoms. The smallest absolute Gasteiger partial charge is 0.251 e. The lowest BCUT2D eigenvalue weighted by atomic mass is 10.1. The van der Waals surface area contributed by atoms with E-state index in [4.69, 9.17) is 16.3 Å². The molecular formula is C18H19ClN2O3. The van der Waals surface area contributed by atoms with E-state index in [1.165, 1.54) is 6.92 Å². The zero-order chi connectivity index (χ0) is 17.5. The van der Waals surface area contributed by atoms with Crippen molar-refractivity contribution in [1.82, 2.24) is 5.32 Å². The van der Waals surface area contributed by atoms with Gasteiger partial charge in [-0.25, -0.2) is 0 Å². The Kier molecular flexibility index (Phi) is 6.21. The molecule has 0 fully saturated rings. The molecule has 0 aliphatic carbocycles. The van der Waals surface area contributed by atoms with Gasteiger partial charge >= 0.3 is 0 Å². The molecule has 6 heteroatoms. The van der Waals surface area contributed by atoms with Gasteiger partial charge in [0.15, 0.2) is 0 Å². The number of carbonyl (C=O) groups excluding carboxylic acids is 2. The Morgan fingerprint density at radius 2 is 1.83 bits per heavy atom. The largest absolute Gasteiger partial charge is 0.492 e. The van der Waals surface area contributed by atoms with Gasteiger partial charge in [-0.05, 0) is 48.9 Å². The number of rotatable bonds is 6. The Labute approximate surface area is 146 Å². The van der Waals surface area contributed by atoms with Gasteiger partial charge in [-0.15, -0.1) is 0 Å². The maximum absolute atomic E-state index is 12.1. The molecule has 2 N–H and O–H groups in total. The minimum Gasteiger partial charge on any atom is -0.492 e. The fourth-order valence-electron chi connectivity index (χ4n) is 2.12. The Hall–Kier alpha value is -2.53. The molecule has 0 atom stereocenters. The highest BCUT2D eigenvalue weighted by Crippen LogP contribution is 2.25. The molecular weight excluding hydrogens is 328 g/mol. The Bertz CT molecular complexity index is 730. The van der Waals surface area contributed by atoms with Crippen LogP contribution in [-0.4, -0.2) is 18.4 Å². The first-order valence-corrected chi connectivity index (χ1v) is 7.94. The van der Waals surface area contributed by atoms with Gasteiger partial charge in [-0.1, -0.05) is 17.7 Å². The summed E-state index contributed by atoms with van der Waals surface area (Å²) < 4.78 is 5.38. The monoisotopic (exact) mass is 346 g/mol. The molecule has 0 bridgehead atoms. The Morgan fingerprint density at radius 1 is 1.12 bits per heavy atom. The minimum absolute atomic E-state index is 0.153. The summed E-state index contributed by atoms with van der Waals surface area (Å²) in [6, 6.07) is 12.1. The highest BCUT2D eigenvalue weighted by Gasteiger charge is 2.07. The fraction of sp³-hybridized carbons (Fsp3) is 0.222. The van der Waals surface area contributed by atoms with E-state index in [2.05, 4.69) is 10.6 Å². The van der Waals surface area contributed by atoms with Crippen LogP contribution in [0, 0.1) is 0 Å². The first-order valence-electron chi connectivity index (χ1n) is 7.56. The molecule has 0 aromatic heterocycles. The van der Waals surface area contributed by atoms with Crippen LogP contribution >= 0.6 is 11.6 Å². The number of nitrogens with one attached hydrogen (secondary N) is 2. The number of amides is 2. The van der Waals surface area contributed by atoms with E-state index >= 15 is 0 Å². The SMILES string of the molecule is CCOc1ccc(CNC(=O)c2ccc(NC(C)=O)cc2)cc1Cl. The van der Waals surface area contributed by atoms with Crippen LogP contribution in [0.4, 0.5) is 5.69 Å². The number of benzene rings is 2. The van der Waals surface area contributed by atoms with Crippen LogP contribution in [0.25, 0.3) is 0 Å². The molecule has 0 saturated heterocycles. The average Bonchev–Trinajstić information content (AvgIpc) is 2.55. The summed E-state index contributed by atoms with van der Waals surface area (Å²) in [6.07, 6.45) is 0. The van der Waals surface area contributed by atoms with Crippen molar-refractivity contribution in [1.29, 1.82) is 0 Å². The van der Waals surface area contributed by atoms with E-state index in [1.807, 2.05) is 13.0 Å². The van der Waals surface area contributed by atoms with Crippen molar-refractivity contribution in [3.63, 3.8) is 0 Å². The van der Waals surface area contributed by atoms with Crippen LogP contribution in [0.2, 0.25) is 5.02 Å². The molecule has 0 radical (unpaired) electrons. The molecule has 0 heterocycles. The van der Waals surface area contributed by atoms with Crippen molar-refractivity contribution < 1.29 is 14.3 Å². The van der Waals surface area contributed by atoms with Crippen molar-refractivity contribution >= 4 is 29.1 Å². The van der Waals surface area contributed by atoms with Crippen molar-refractivity contribution in [3.8, 4) is 5.75 Å². The number of anilines is 1. The molecule has 24 heavy (non-hydrogen) atoms. The third-order valence-electron chi connectivity index (χ3n) is 3.22. The summed E-state index contributed by atoms with van der Waals surface area (Å²) in [5, 5.41) is 6.00. The molecule has 2 aromatic carbocycles. The summed E-state index contributed by atoms with van der Waals surface area (Å²) in [5.74, 6) is 0.275. The first kappa shape index (κ1) is 17.8. The predicted molar refractivity (Wildman–Crippen MR) is 94.5 cm³/mol. The van der Waals surface area contributed by atoms with Crippen LogP contribution in [0.3, 0.4) is 0 Å². The third kappa shape index (κ3) is 4.99. The van der Waals surface area contributed by atoms with Gasteiger partial charge in [-0.3, -0.25) is 9.59 Å². The molecule has 0 unspecified atom stereocenters.